The standard InChI is InChI=1S/C30H41N3O6.C22H31N3O3.2C6H9ClO2.C5H10O.C3Cl6O3.B.6F2/c1-5-28-13-8-15-33-16-14-29(24(28)33)22-12-11-21(37-4)17-23(22)32(3)25(29)30(36,26(28)38-19(2)34)18-31-27(35)39-20-9-6-7-10-20;1-4-20-8-5-10-25-11-9-21(17(20)25)15-7-6-14(28-3)12-16(15)24(2)18(21)22(27,13-23)19(20)26;2*7-6(8)9-5-3-1-2-4-5;6-5-3-1-2-4-5;4-2(5,6)11-1(10)12-3(7,8)9;;6*1-2/h8,11-13,17,20,24-26,36H,5-7,9-10,14-16,18H2,1-4H3,(H,31,35);5-8,12,17-19,26-27H,4,9-11,13,23H2,1-3H3;2*5H,1-4H2;5-6H,1-4H2;;;;;;;;/t24-,25+,26+,28+,29+,30-;17-,18+,19+,20+,21+,22-;;;;;;;;;;;/m00.........../s1. The number of aliphatic hydroxyl groups is 4. The number of alkyl halides is 6. The lowest BCUT2D eigenvalue weighted by Gasteiger charge is -2.64. The number of hydrogen-bond acceptors (Lipinski definition) is 22. The summed E-state index contributed by atoms with van der Waals surface area (Å²) in [5.41, 5.74) is 4.48. The number of carbonyl (C=O) groups excluding carboxylic acids is 5. The highest BCUT2D eigenvalue weighted by Crippen LogP contribution is 2.69. The minimum Gasteiger partial charge on any atom is -0.497 e. The number of hydrogen-bond donors (Lipinski definition) is 6. The van der Waals surface area contributed by atoms with Crippen LogP contribution in [-0.4, -0.2) is 215 Å². The largest absolute Gasteiger partial charge is 0.515 e. The van der Waals surface area contributed by atoms with E-state index < -0.39 is 82.7 Å². The van der Waals surface area contributed by atoms with Crippen molar-refractivity contribution in [2.24, 2.45) is 16.6 Å². The summed E-state index contributed by atoms with van der Waals surface area (Å²) in [5, 5.41) is 48.2. The van der Waals surface area contributed by atoms with Gasteiger partial charge in [-0.15, -0.1) is 0 Å². The number of likely N-dealkylation sites (N-methyl/N-ethyl adjacent to an activating group) is 2. The van der Waals surface area contributed by atoms with Crippen molar-refractivity contribution in [3.05, 3.63) is 71.8 Å². The number of aliphatic hydroxyl groups excluding tert-OH is 2. The number of nitrogens with zero attached hydrogens (tertiary/aromatic N) is 4. The smallest absolute Gasteiger partial charge is 0.497 e. The van der Waals surface area contributed by atoms with Gasteiger partial charge in [-0.1, -0.05) is 63.1 Å². The summed E-state index contributed by atoms with van der Waals surface area (Å²) in [5.74, 6) is 1.10. The van der Waals surface area contributed by atoms with Gasteiger partial charge in [0.25, 0.3) is 0 Å². The van der Waals surface area contributed by atoms with Crippen LogP contribution in [0.5, 0.6) is 11.5 Å². The third-order valence-corrected chi connectivity index (χ3v) is 24.1. The van der Waals surface area contributed by atoms with Gasteiger partial charge < -0.3 is 79.2 Å². The van der Waals surface area contributed by atoms with E-state index in [9.17, 15) is 39.3 Å². The SMILES string of the molecule is CC[C@]12C=CCN3CC[C@@]4(c5ccc(OC)cc5N(C)[C@H]4[C@@](O)(CN)[C@@H]1O)[C@@H]32.CC[C@]12C=CCN3CC[C@@]4(c5ccc(OC)cc5N(C)[C@H]4[C@@](O)(CNC(=O)OC4CCCC4)[C@@H]1OC(C)=O)[C@@H]32.FF.FF.FF.FF.FF.FF.O=C(Cl)OC1CCCC1.O=C(Cl)OC1CCCC1.O=C(OC(Cl)(Cl)Cl)OC(Cl)(Cl)Cl.OC1CCCC1.[B]. The highest BCUT2D eigenvalue weighted by Gasteiger charge is 2.79. The maximum absolute atomic E-state index is 13.0. The molecule has 663 valence electrons. The number of ether oxygens (including phenoxy) is 8. The Morgan fingerprint density at radius 1 is 0.543 bits per heavy atom. The molecule has 8 fully saturated rings. The molecule has 12 aliphatic rings. The molecule has 6 aliphatic heterocycles. The quantitative estimate of drug-likeness (QED) is 0.0232. The van der Waals surface area contributed by atoms with E-state index in [-0.39, 0.29) is 69.5 Å². The fourth-order valence-electron chi connectivity index (χ4n) is 19.8. The van der Waals surface area contributed by atoms with Crippen LogP contribution < -0.4 is 30.3 Å². The Labute approximate surface area is 707 Å². The van der Waals surface area contributed by atoms with Crippen LogP contribution in [0.25, 0.3) is 0 Å². The summed E-state index contributed by atoms with van der Waals surface area (Å²) in [6.07, 6.45) is 25.3. The van der Waals surface area contributed by atoms with Crippen molar-refractivity contribution in [1.29, 1.82) is 0 Å². The van der Waals surface area contributed by atoms with Gasteiger partial charge in [0.1, 0.15) is 47.1 Å². The fourth-order valence-corrected chi connectivity index (χ4v) is 20.4. The lowest BCUT2D eigenvalue weighted by molar-refractivity contribution is -0.217. The van der Waals surface area contributed by atoms with Crippen LogP contribution in [-0.2, 0) is 44.0 Å². The average molecular weight is 1840 g/mol. The highest BCUT2D eigenvalue weighted by atomic mass is 35.6. The molecular formula is C72H100BCl8F12N6O17. The third kappa shape index (κ3) is 24.6. The van der Waals surface area contributed by atoms with Crippen molar-refractivity contribution >= 4 is 142 Å². The number of carbonyl (C=O) groups is 5. The van der Waals surface area contributed by atoms with Crippen molar-refractivity contribution in [3.8, 4) is 11.5 Å². The summed E-state index contributed by atoms with van der Waals surface area (Å²) in [4.78, 5) is 65.7. The lowest BCUT2D eigenvalue weighted by atomic mass is 9.47. The zero-order valence-electron chi connectivity index (χ0n) is 64.5. The Balaban J connectivity index is 0.000000513. The maximum atomic E-state index is 13.0. The molecule has 2 aromatic rings. The van der Waals surface area contributed by atoms with E-state index in [0.717, 1.165) is 158 Å². The minimum atomic E-state index is -2.24. The molecule has 14 rings (SSSR count). The zero-order chi connectivity index (χ0) is 87.3. The fraction of sp³-hybridized carbons (Fsp3) is 0.708. The topological polar surface area (TPSA) is 291 Å². The van der Waals surface area contributed by atoms with Gasteiger partial charge in [0.15, 0.2) is 0 Å². The number of nitrogens with one attached hydrogen (secondary N) is 1. The van der Waals surface area contributed by atoms with Crippen molar-refractivity contribution in [3.63, 3.8) is 0 Å². The number of esters is 1. The molecular weight excluding hydrogens is 1740 g/mol. The van der Waals surface area contributed by atoms with Gasteiger partial charge in [-0.2, -0.15) is 0 Å². The Bertz CT molecular complexity index is 3370. The van der Waals surface area contributed by atoms with Crippen LogP contribution >= 0.6 is 92.8 Å². The number of methoxy groups -OCH3 is 2. The van der Waals surface area contributed by atoms with E-state index >= 15 is 0 Å². The maximum Gasteiger partial charge on any atom is 0.515 e. The molecule has 2 saturated heterocycles. The normalized spacial score (nSPS) is 28.9. The van der Waals surface area contributed by atoms with Crippen LogP contribution in [0.2, 0.25) is 0 Å². The Morgan fingerprint density at radius 2 is 0.897 bits per heavy atom. The van der Waals surface area contributed by atoms with E-state index in [1.807, 2.05) is 32.3 Å². The molecule has 6 saturated carbocycles. The van der Waals surface area contributed by atoms with Crippen molar-refractivity contribution in [2.75, 3.05) is 77.4 Å². The first kappa shape index (κ1) is 107. The number of anilines is 2. The monoisotopic (exact) mass is 1840 g/mol. The van der Waals surface area contributed by atoms with E-state index in [1.165, 1.54) is 30.9 Å². The predicted octanol–water partition coefficient (Wildman–Crippen LogP) is 18.0. The molecule has 116 heavy (non-hydrogen) atoms. The molecule has 44 heteroatoms. The Hall–Kier alpha value is -4.67. The molecule has 6 heterocycles. The molecule has 23 nitrogen and oxygen atoms in total. The van der Waals surface area contributed by atoms with E-state index in [2.05, 4.69) is 90.7 Å². The first-order chi connectivity index (χ1) is 54.7. The van der Waals surface area contributed by atoms with Crippen LogP contribution in [0.4, 0.5) is 85.4 Å². The minimum absolute atomic E-state index is 0. The van der Waals surface area contributed by atoms with Crippen LogP contribution in [0.3, 0.4) is 0 Å². The molecule has 0 aromatic heterocycles. The second-order valence-corrected chi connectivity index (χ2v) is 33.9. The van der Waals surface area contributed by atoms with E-state index in [0.29, 0.717) is 6.42 Å². The molecule has 0 bridgehead atoms. The second kappa shape index (κ2) is 49.4. The highest BCUT2D eigenvalue weighted by molar-refractivity contribution is 6.67. The van der Waals surface area contributed by atoms with E-state index in [4.69, 9.17) is 187 Å². The summed E-state index contributed by atoms with van der Waals surface area (Å²) in [6.45, 7) is 9.08. The number of nitrogens with two attached hydrogens (primary N) is 1. The summed E-state index contributed by atoms with van der Waals surface area (Å²) in [7, 11) is 7.34. The first-order valence-corrected chi connectivity index (χ1v) is 39.6. The summed E-state index contributed by atoms with van der Waals surface area (Å²) >= 11 is 40.2. The van der Waals surface area contributed by atoms with Gasteiger partial charge in [-0.05, 0) is 222 Å². The van der Waals surface area contributed by atoms with Crippen molar-refractivity contribution in [1.82, 2.24) is 15.1 Å². The molecule has 3 radical (unpaired) electrons. The molecule has 12 atom stereocenters. The van der Waals surface area contributed by atoms with Gasteiger partial charge in [-0.3, -0.25) is 14.6 Å². The van der Waals surface area contributed by atoms with Gasteiger partial charge in [-0.25, -0.2) is 19.2 Å². The van der Waals surface area contributed by atoms with Crippen molar-refractivity contribution < 1.29 is 137 Å². The second-order valence-electron chi connectivity index (χ2n) is 29.0. The zero-order valence-corrected chi connectivity index (χ0v) is 70.6. The lowest BCUT2D eigenvalue weighted by Crippen LogP contribution is -2.81. The molecule has 1 amide bonds. The summed E-state index contributed by atoms with van der Waals surface area (Å²) < 4.78 is 132. The number of alkyl carbamates (subject to hydrolysis) is 1. The number of amides is 1. The van der Waals surface area contributed by atoms with Gasteiger partial charge >= 0.3 is 37.0 Å². The Kier molecular flexibility index (Phi) is 45.8. The third-order valence-electron chi connectivity index (χ3n) is 23.5. The van der Waals surface area contributed by atoms with Crippen molar-refractivity contribution in [2.45, 2.75) is 240 Å². The van der Waals surface area contributed by atoms with Crippen LogP contribution in [0.15, 0.2) is 60.7 Å². The molecule has 2 aromatic carbocycles. The van der Waals surface area contributed by atoms with E-state index in [1.54, 1.807) is 14.2 Å². The Morgan fingerprint density at radius 3 is 1.22 bits per heavy atom. The first-order valence-electron chi connectivity index (χ1n) is 36.6. The molecule has 2 spiro atoms. The predicted molar refractivity (Wildman–Crippen MR) is 416 cm³/mol. The molecule has 0 unspecified atom stereocenters. The van der Waals surface area contributed by atoms with Crippen LogP contribution in [0.1, 0.15) is 160 Å². The van der Waals surface area contributed by atoms with Gasteiger partial charge in [0.2, 0.25) is 0 Å². The molecule has 7 N–H and O–H groups in total. The number of rotatable bonds is 11. The molecule has 6 aliphatic carbocycles. The number of benzene rings is 2. The average Bonchev–Trinajstić information content (AvgIpc) is 1.48. The van der Waals surface area contributed by atoms with Crippen LogP contribution in [0, 0.1) is 10.8 Å². The van der Waals surface area contributed by atoms with Gasteiger partial charge in [0.05, 0.1) is 45.1 Å². The summed E-state index contributed by atoms with van der Waals surface area (Å²) in [6, 6.07) is 11.8. The number of fused-ring (bicyclic) bond motifs is 2. The van der Waals surface area contributed by atoms with Gasteiger partial charge in [0, 0.05) is 184 Å². The number of halogens is 20.